The van der Waals surface area contributed by atoms with Gasteiger partial charge in [0.05, 0.1) is 29.8 Å². The molecule has 2 atom stereocenters. The van der Waals surface area contributed by atoms with Gasteiger partial charge in [-0.1, -0.05) is 115 Å². The van der Waals surface area contributed by atoms with E-state index in [2.05, 4.69) is 141 Å². The molecule has 1 aromatic heterocycles. The second kappa shape index (κ2) is 19.9. The van der Waals surface area contributed by atoms with E-state index in [9.17, 15) is 9.90 Å². The Balaban J connectivity index is 1.26. The highest BCUT2D eigenvalue weighted by atomic mass is 16.5. The summed E-state index contributed by atoms with van der Waals surface area (Å²) in [7, 11) is 0. The molecule has 0 amide bonds. The number of nitrogens with zero attached hydrogens (tertiary/aromatic N) is 1. The van der Waals surface area contributed by atoms with Crippen molar-refractivity contribution < 1.29 is 19.4 Å². The number of carboxylic acids is 1. The highest BCUT2D eigenvalue weighted by Gasteiger charge is 2.21. The quantitative estimate of drug-likeness (QED) is 0.0882. The molecule has 322 valence electrons. The predicted molar refractivity (Wildman–Crippen MR) is 261 cm³/mol. The van der Waals surface area contributed by atoms with Gasteiger partial charge in [-0.2, -0.15) is 0 Å². The maximum absolute atomic E-state index is 12.2. The second-order valence-electron chi connectivity index (χ2n) is 17.4. The molecule has 62 heavy (non-hydrogen) atoms. The number of aromatic nitrogens is 1. The Morgan fingerprint density at radius 1 is 0.532 bits per heavy atom. The van der Waals surface area contributed by atoms with E-state index in [0.717, 1.165) is 110 Å². The van der Waals surface area contributed by atoms with Gasteiger partial charge in [0, 0.05) is 16.5 Å². The molecule has 0 aliphatic carbocycles. The van der Waals surface area contributed by atoms with Crippen molar-refractivity contribution in [1.29, 1.82) is 0 Å². The molecule has 7 rings (SSSR count). The molecule has 0 aliphatic rings. The summed E-state index contributed by atoms with van der Waals surface area (Å²) in [6, 6.07) is 39.5. The fourth-order valence-corrected chi connectivity index (χ4v) is 9.22. The summed E-state index contributed by atoms with van der Waals surface area (Å²) in [5.41, 5.74) is 14.2. The Morgan fingerprint density at radius 2 is 0.935 bits per heavy atom. The topological polar surface area (TPSA) is 60.7 Å². The molecule has 5 heteroatoms. The van der Waals surface area contributed by atoms with Gasteiger partial charge in [0.15, 0.2) is 0 Å². The fraction of sp³-hybridized carbons (Fsp3) is 0.351. The van der Waals surface area contributed by atoms with Crippen molar-refractivity contribution in [2.45, 2.75) is 107 Å². The van der Waals surface area contributed by atoms with Crippen molar-refractivity contribution in [2.24, 2.45) is 11.8 Å². The molecule has 1 N–H and O–H groups in total. The van der Waals surface area contributed by atoms with E-state index < -0.39 is 5.97 Å². The number of carbonyl (C=O) groups is 1. The maximum Gasteiger partial charge on any atom is 0.336 e. The van der Waals surface area contributed by atoms with Crippen LogP contribution in [0.4, 0.5) is 0 Å². The number of fused-ring (bicyclic) bond motifs is 3. The first-order valence-electron chi connectivity index (χ1n) is 23.1. The predicted octanol–water partition coefficient (Wildman–Crippen LogP) is 15.9. The summed E-state index contributed by atoms with van der Waals surface area (Å²) >= 11 is 0. The van der Waals surface area contributed by atoms with Crippen molar-refractivity contribution in [1.82, 2.24) is 4.57 Å². The molecule has 2 unspecified atom stereocenters. The molecule has 0 aliphatic heterocycles. The van der Waals surface area contributed by atoms with Gasteiger partial charge in [-0.3, -0.25) is 0 Å². The molecular weight excluding hydrogens is 763 g/mol. The van der Waals surface area contributed by atoms with Crippen LogP contribution in [0.1, 0.15) is 112 Å². The summed E-state index contributed by atoms with van der Waals surface area (Å²) in [5.74, 6) is 2.13. The lowest BCUT2D eigenvalue weighted by molar-refractivity contribution is 0.0695. The number of carboxylic acid groups (broad SMARTS) is 1. The summed E-state index contributed by atoms with van der Waals surface area (Å²) < 4.78 is 14.9. The fourth-order valence-electron chi connectivity index (χ4n) is 9.22. The summed E-state index contributed by atoms with van der Waals surface area (Å²) in [5, 5.41) is 12.3. The molecule has 0 saturated carbocycles. The van der Waals surface area contributed by atoms with Gasteiger partial charge in [-0.25, -0.2) is 4.79 Å². The van der Waals surface area contributed by atoms with Crippen LogP contribution in [-0.2, 0) is 0 Å². The lowest BCUT2D eigenvalue weighted by atomic mass is 9.86. The van der Waals surface area contributed by atoms with Crippen molar-refractivity contribution in [2.75, 3.05) is 13.2 Å². The summed E-state index contributed by atoms with van der Waals surface area (Å²) in [6.45, 7) is 18.4. The zero-order valence-electron chi connectivity index (χ0n) is 38.2. The summed E-state index contributed by atoms with van der Waals surface area (Å²) in [6.07, 6.45) is 9.62. The van der Waals surface area contributed by atoms with Crippen LogP contribution in [0.25, 0.3) is 60.9 Å². The molecule has 1 heterocycles. The van der Waals surface area contributed by atoms with Crippen LogP contribution in [0.3, 0.4) is 0 Å². The van der Waals surface area contributed by atoms with Gasteiger partial charge in [-0.05, 0) is 169 Å². The average Bonchev–Trinajstić information content (AvgIpc) is 3.62. The maximum atomic E-state index is 12.2. The molecule has 0 fully saturated rings. The first-order chi connectivity index (χ1) is 30.1. The van der Waals surface area contributed by atoms with Gasteiger partial charge < -0.3 is 19.1 Å². The summed E-state index contributed by atoms with van der Waals surface area (Å²) in [4.78, 5) is 12.2. The van der Waals surface area contributed by atoms with Crippen LogP contribution in [-0.4, -0.2) is 28.9 Å². The lowest BCUT2D eigenvalue weighted by Gasteiger charge is -2.19. The van der Waals surface area contributed by atoms with E-state index in [1.165, 1.54) is 49.3 Å². The Hall–Kier alpha value is -5.81. The Morgan fingerprint density at radius 3 is 1.32 bits per heavy atom. The van der Waals surface area contributed by atoms with Crippen molar-refractivity contribution >= 4 is 27.8 Å². The van der Waals surface area contributed by atoms with E-state index >= 15 is 0 Å². The molecule has 0 bridgehead atoms. The van der Waals surface area contributed by atoms with Gasteiger partial charge in [0.25, 0.3) is 0 Å². The van der Waals surface area contributed by atoms with Crippen LogP contribution in [0, 0.1) is 39.5 Å². The number of aromatic carboxylic acids is 1. The Kier molecular flexibility index (Phi) is 14.2. The number of unbranched alkanes of at least 4 members (excludes halogenated alkanes) is 2. The monoisotopic (exact) mass is 827 g/mol. The van der Waals surface area contributed by atoms with Gasteiger partial charge >= 0.3 is 5.97 Å². The number of benzene rings is 6. The highest BCUT2D eigenvalue weighted by molar-refractivity contribution is 6.11. The van der Waals surface area contributed by atoms with Gasteiger partial charge in [0.2, 0.25) is 0 Å². The zero-order valence-corrected chi connectivity index (χ0v) is 38.2. The van der Waals surface area contributed by atoms with Gasteiger partial charge in [-0.15, -0.1) is 0 Å². The van der Waals surface area contributed by atoms with E-state index in [1.54, 1.807) is 0 Å². The molecule has 0 radical (unpaired) electrons. The minimum atomic E-state index is -0.876. The second-order valence-corrected chi connectivity index (χ2v) is 17.4. The van der Waals surface area contributed by atoms with Crippen molar-refractivity contribution in [3.8, 4) is 50.6 Å². The Bertz CT molecular complexity index is 2480. The molecular formula is C57H65NO4. The minimum absolute atomic E-state index is 0.406. The number of ether oxygens (including phenoxy) is 2. The lowest BCUT2D eigenvalue weighted by Crippen LogP contribution is -2.11. The highest BCUT2D eigenvalue weighted by Crippen LogP contribution is 2.40. The molecule has 0 spiro atoms. The van der Waals surface area contributed by atoms with Crippen molar-refractivity contribution in [3.05, 3.63) is 137 Å². The largest absolute Gasteiger partial charge is 0.493 e. The van der Waals surface area contributed by atoms with Crippen LogP contribution in [0.5, 0.6) is 11.5 Å². The molecule has 7 aromatic rings. The third kappa shape index (κ3) is 9.33. The van der Waals surface area contributed by atoms with Crippen LogP contribution < -0.4 is 9.47 Å². The third-order valence-corrected chi connectivity index (χ3v) is 13.5. The third-order valence-electron chi connectivity index (χ3n) is 13.5. The van der Waals surface area contributed by atoms with Gasteiger partial charge in [0.1, 0.15) is 11.5 Å². The van der Waals surface area contributed by atoms with E-state index in [-0.39, 0.29) is 0 Å². The average molecular weight is 828 g/mol. The molecule has 0 saturated heterocycles. The standard InChI is InChI=1S/C57H65NO4/c1-9-13-15-41(11-3)35-61-49-27-19-43(20-28-49)46-23-31-53-51(33-46)52-34-47(44-21-29-50(30-22-44)62-36-42(12-4)16-14-10-2)24-32-54(52)58(53)48-25-17-45(18-26-48)55-37(5)39(7)56(57(59)60)40(8)38(55)6/h17-34,41-42H,9-16,35-36H2,1-8H3,(H,59,60). The number of hydrogen-bond donors (Lipinski definition) is 1. The molecule has 6 aromatic carbocycles. The SMILES string of the molecule is CCCCC(CC)COc1ccc(-c2ccc3c(c2)c2cc(-c4ccc(OCC(CC)CCCC)cc4)ccc2n3-c2ccc(-c3c(C)c(C)c(C(=O)O)c(C)c3C)cc2)cc1. The number of rotatable bonds is 19. The first-order valence-corrected chi connectivity index (χ1v) is 23.1. The zero-order chi connectivity index (χ0) is 43.9. The number of hydrogen-bond acceptors (Lipinski definition) is 3. The normalized spacial score (nSPS) is 12.5. The van der Waals surface area contributed by atoms with Crippen LogP contribution >= 0.6 is 0 Å². The minimum Gasteiger partial charge on any atom is -0.493 e. The van der Waals surface area contributed by atoms with E-state index in [1.807, 2.05) is 27.7 Å². The first kappa shape index (κ1) is 44.3. The smallest absolute Gasteiger partial charge is 0.336 e. The van der Waals surface area contributed by atoms with E-state index in [0.29, 0.717) is 17.4 Å². The molecule has 5 nitrogen and oxygen atoms in total. The van der Waals surface area contributed by atoms with Crippen LogP contribution in [0.2, 0.25) is 0 Å². The Labute approximate surface area is 369 Å². The van der Waals surface area contributed by atoms with Crippen molar-refractivity contribution in [3.63, 3.8) is 0 Å². The van der Waals surface area contributed by atoms with Crippen LogP contribution in [0.15, 0.2) is 109 Å². The van der Waals surface area contributed by atoms with E-state index in [4.69, 9.17) is 9.47 Å².